The summed E-state index contributed by atoms with van der Waals surface area (Å²) >= 11 is 0. The summed E-state index contributed by atoms with van der Waals surface area (Å²) in [5.74, 6) is -0.681. The molecule has 0 aromatic heterocycles. The molecule has 1 spiro atoms. The summed E-state index contributed by atoms with van der Waals surface area (Å²) in [5, 5.41) is 10.0. The number of carbonyl (C=O) groups is 3. The summed E-state index contributed by atoms with van der Waals surface area (Å²) in [7, 11) is 0. The van der Waals surface area contributed by atoms with Crippen molar-refractivity contribution >= 4 is 17.7 Å². The van der Waals surface area contributed by atoms with Crippen LogP contribution in [0.4, 0.5) is 0 Å². The molecule has 0 radical (unpaired) electrons. The molecular weight excluding hydrogens is 344 g/mol. The van der Waals surface area contributed by atoms with E-state index in [1.165, 1.54) is 6.92 Å². The number of carboxylic acid groups (broad SMARTS) is 1. The van der Waals surface area contributed by atoms with Gasteiger partial charge in [-0.15, -0.1) is 0 Å². The van der Waals surface area contributed by atoms with Gasteiger partial charge in [-0.05, 0) is 75.2 Å². The third-order valence-corrected chi connectivity index (χ3v) is 8.88. The monoisotopic (exact) mass is 374 g/mol. The van der Waals surface area contributed by atoms with Gasteiger partial charge in [0.15, 0.2) is 5.78 Å². The fraction of sp³-hybridized carbons (Fsp3) is 0.773. The number of ether oxygens (including phenoxy) is 1. The average molecular weight is 374 g/mol. The minimum Gasteiger partial charge on any atom is -0.481 e. The first-order valence-electron chi connectivity index (χ1n) is 10.2. The van der Waals surface area contributed by atoms with Crippen LogP contribution in [0.5, 0.6) is 0 Å². The van der Waals surface area contributed by atoms with Gasteiger partial charge >= 0.3 is 11.9 Å². The molecule has 148 valence electrons. The van der Waals surface area contributed by atoms with Crippen LogP contribution in [0.3, 0.4) is 0 Å². The minimum absolute atomic E-state index is 0.0510. The number of esters is 1. The van der Waals surface area contributed by atoms with Gasteiger partial charge in [0, 0.05) is 17.8 Å². The van der Waals surface area contributed by atoms with Crippen molar-refractivity contribution in [3.05, 3.63) is 12.2 Å². The normalized spacial score (nSPS) is 48.6. The Balaban J connectivity index is 1.84. The van der Waals surface area contributed by atoms with Crippen LogP contribution in [0.15, 0.2) is 12.2 Å². The van der Waals surface area contributed by atoms with Crippen LogP contribution in [0.25, 0.3) is 0 Å². The number of hydrogen-bond acceptors (Lipinski definition) is 4. The summed E-state index contributed by atoms with van der Waals surface area (Å²) in [6.07, 6.45) is 4.80. The van der Waals surface area contributed by atoms with E-state index in [9.17, 15) is 19.5 Å². The molecule has 4 fully saturated rings. The van der Waals surface area contributed by atoms with Crippen molar-refractivity contribution in [3.63, 3.8) is 0 Å². The highest BCUT2D eigenvalue weighted by Crippen LogP contribution is 2.71. The fourth-order valence-corrected chi connectivity index (χ4v) is 7.65. The molecule has 4 aliphatic rings. The first-order chi connectivity index (χ1) is 12.6. The molecule has 0 aromatic carbocycles. The first kappa shape index (κ1) is 18.7. The molecule has 0 heterocycles. The van der Waals surface area contributed by atoms with Crippen molar-refractivity contribution < 1.29 is 24.2 Å². The summed E-state index contributed by atoms with van der Waals surface area (Å²) < 4.78 is 5.79. The molecule has 27 heavy (non-hydrogen) atoms. The van der Waals surface area contributed by atoms with Crippen molar-refractivity contribution in [2.45, 2.75) is 71.8 Å². The molecule has 0 unspecified atom stereocenters. The topological polar surface area (TPSA) is 80.7 Å². The van der Waals surface area contributed by atoms with Crippen molar-refractivity contribution in [1.82, 2.24) is 0 Å². The van der Waals surface area contributed by atoms with Crippen molar-refractivity contribution in [1.29, 1.82) is 0 Å². The maximum atomic E-state index is 13.3. The van der Waals surface area contributed by atoms with Crippen LogP contribution < -0.4 is 0 Å². The van der Waals surface area contributed by atoms with Gasteiger partial charge in [-0.2, -0.15) is 0 Å². The van der Waals surface area contributed by atoms with E-state index in [1.807, 2.05) is 6.92 Å². The van der Waals surface area contributed by atoms with Crippen molar-refractivity contribution in [3.8, 4) is 0 Å². The van der Waals surface area contributed by atoms with Crippen molar-refractivity contribution in [2.24, 2.45) is 34.0 Å². The van der Waals surface area contributed by atoms with Crippen LogP contribution in [0.2, 0.25) is 0 Å². The summed E-state index contributed by atoms with van der Waals surface area (Å²) in [5.41, 5.74) is -1.01. The zero-order valence-corrected chi connectivity index (χ0v) is 16.5. The quantitative estimate of drug-likeness (QED) is 0.588. The second-order valence-corrected chi connectivity index (χ2v) is 9.86. The van der Waals surface area contributed by atoms with E-state index in [4.69, 9.17) is 4.74 Å². The zero-order valence-electron chi connectivity index (χ0n) is 16.5. The molecule has 4 aliphatic carbocycles. The molecule has 5 nitrogen and oxygen atoms in total. The molecule has 0 saturated heterocycles. The minimum atomic E-state index is -0.845. The van der Waals surface area contributed by atoms with Gasteiger partial charge in [0.05, 0.1) is 5.41 Å². The van der Waals surface area contributed by atoms with E-state index in [2.05, 4.69) is 13.5 Å². The van der Waals surface area contributed by atoms with Crippen LogP contribution in [-0.2, 0) is 19.1 Å². The number of aliphatic carboxylic acids is 1. The number of carbonyl (C=O) groups excluding carboxylic acids is 2. The summed E-state index contributed by atoms with van der Waals surface area (Å²) in [4.78, 5) is 37.3. The predicted octanol–water partition coefficient (Wildman–Crippen LogP) is 3.76. The van der Waals surface area contributed by atoms with E-state index in [-0.39, 0.29) is 35.6 Å². The van der Waals surface area contributed by atoms with Gasteiger partial charge in [0.1, 0.15) is 6.10 Å². The van der Waals surface area contributed by atoms with E-state index >= 15 is 0 Å². The standard InChI is InChI=1S/C22H30O5/c1-12-14-5-6-16-21(4)15(7-10-22(16,11-14)18(12)24)20(3,19(25)26)9-8-17(21)27-13(2)23/h14-17H,1,5-11H2,2-4H3,(H,25,26)/t14-,15+,16-,17-,20+,21+,22+/m0/s1. The van der Waals surface area contributed by atoms with E-state index in [0.717, 1.165) is 31.3 Å². The van der Waals surface area contributed by atoms with E-state index in [1.54, 1.807) is 0 Å². The molecule has 0 amide bonds. The Morgan fingerprint density at radius 1 is 1.11 bits per heavy atom. The lowest BCUT2D eigenvalue weighted by Crippen LogP contribution is -2.64. The largest absolute Gasteiger partial charge is 0.481 e. The average Bonchev–Trinajstić information content (AvgIpc) is 2.78. The third kappa shape index (κ3) is 2.20. The number of hydrogen-bond donors (Lipinski definition) is 1. The molecular formula is C22H30O5. The second kappa shape index (κ2) is 5.68. The highest BCUT2D eigenvalue weighted by atomic mass is 16.5. The Hall–Kier alpha value is -1.65. The smallest absolute Gasteiger partial charge is 0.309 e. The lowest BCUT2D eigenvalue weighted by atomic mass is 9.40. The van der Waals surface area contributed by atoms with Crippen LogP contribution >= 0.6 is 0 Å². The lowest BCUT2D eigenvalue weighted by Gasteiger charge is -2.64. The number of carboxylic acids is 1. The number of rotatable bonds is 2. The predicted molar refractivity (Wildman–Crippen MR) is 98.8 cm³/mol. The summed E-state index contributed by atoms with van der Waals surface area (Å²) in [6.45, 7) is 9.46. The Morgan fingerprint density at radius 3 is 2.44 bits per heavy atom. The van der Waals surface area contributed by atoms with Gasteiger partial charge in [-0.1, -0.05) is 13.5 Å². The highest BCUT2D eigenvalue weighted by Gasteiger charge is 2.70. The zero-order chi connectivity index (χ0) is 19.8. The fourth-order valence-electron chi connectivity index (χ4n) is 7.65. The van der Waals surface area contributed by atoms with Gasteiger partial charge in [-0.25, -0.2) is 0 Å². The molecule has 4 rings (SSSR count). The van der Waals surface area contributed by atoms with Crippen LogP contribution in [-0.4, -0.2) is 28.9 Å². The molecule has 0 aliphatic heterocycles. The molecule has 5 heteroatoms. The molecule has 4 saturated carbocycles. The van der Waals surface area contributed by atoms with Crippen LogP contribution in [0.1, 0.15) is 65.7 Å². The SMILES string of the molecule is C=C1C(=O)[C@@]23CC[C@H]4[C@@](C)([C@@H](OC(C)=O)CC[C@@]4(C)C(=O)O)[C@@H]2CC[C@H]1C3. The maximum Gasteiger partial charge on any atom is 0.309 e. The number of allylic oxidation sites excluding steroid dienone is 1. The molecule has 0 aromatic rings. The van der Waals surface area contributed by atoms with Crippen LogP contribution in [0, 0.1) is 34.0 Å². The molecule has 7 atom stereocenters. The Morgan fingerprint density at radius 2 is 1.81 bits per heavy atom. The molecule has 2 bridgehead atoms. The Labute approximate surface area is 160 Å². The Bertz CT molecular complexity index is 741. The van der Waals surface area contributed by atoms with E-state index < -0.39 is 22.2 Å². The second-order valence-electron chi connectivity index (χ2n) is 9.86. The third-order valence-electron chi connectivity index (χ3n) is 8.88. The van der Waals surface area contributed by atoms with Crippen molar-refractivity contribution in [2.75, 3.05) is 0 Å². The van der Waals surface area contributed by atoms with Gasteiger partial charge in [-0.3, -0.25) is 14.4 Å². The van der Waals surface area contributed by atoms with Gasteiger partial charge in [0.25, 0.3) is 0 Å². The van der Waals surface area contributed by atoms with E-state index in [0.29, 0.717) is 19.3 Å². The lowest BCUT2D eigenvalue weighted by molar-refractivity contribution is -0.219. The maximum absolute atomic E-state index is 13.3. The number of fused-ring (bicyclic) bond motifs is 3. The number of Topliss-reactive ketones (excluding diaryl/α,β-unsaturated/α-hetero) is 1. The Kier molecular flexibility index (Phi) is 3.93. The van der Waals surface area contributed by atoms with Gasteiger partial charge < -0.3 is 9.84 Å². The molecule has 1 N–H and O–H groups in total. The highest BCUT2D eigenvalue weighted by molar-refractivity contribution is 6.03. The first-order valence-corrected chi connectivity index (χ1v) is 10.2. The summed E-state index contributed by atoms with van der Waals surface area (Å²) in [6, 6.07) is 0. The van der Waals surface area contributed by atoms with Gasteiger partial charge in [0.2, 0.25) is 0 Å². The number of ketones is 1.